The molecule has 0 bridgehead atoms. The second-order valence-corrected chi connectivity index (χ2v) is 7.61. The summed E-state index contributed by atoms with van der Waals surface area (Å²) in [5, 5.41) is 9.09. The Hall–Kier alpha value is -2.88. The quantitative estimate of drug-likeness (QED) is 0.673. The summed E-state index contributed by atoms with van der Waals surface area (Å²) in [6, 6.07) is 19.0. The van der Waals surface area contributed by atoms with Crippen LogP contribution >= 0.6 is 0 Å². The normalized spacial score (nSPS) is 16.3. The lowest BCUT2D eigenvalue weighted by Crippen LogP contribution is -2.50. The molecule has 0 aliphatic carbocycles. The van der Waals surface area contributed by atoms with Crippen LogP contribution in [-0.2, 0) is 16.1 Å². The van der Waals surface area contributed by atoms with E-state index < -0.39 is 6.10 Å². The number of carbonyl (C=O) groups is 1. The Labute approximate surface area is 178 Å². The summed E-state index contributed by atoms with van der Waals surface area (Å²) >= 11 is 0. The van der Waals surface area contributed by atoms with Crippen molar-refractivity contribution in [3.8, 4) is 11.8 Å². The molecule has 2 aromatic rings. The molecule has 0 N–H and O–H groups in total. The molecule has 1 aliphatic rings. The summed E-state index contributed by atoms with van der Waals surface area (Å²) in [7, 11) is 0. The van der Waals surface area contributed by atoms with Gasteiger partial charge in [0.1, 0.15) is 5.75 Å². The zero-order chi connectivity index (χ0) is 21.3. The average molecular weight is 408 g/mol. The summed E-state index contributed by atoms with van der Waals surface area (Å²) in [5.74, 6) is 0.456. The molecule has 6 nitrogen and oxygen atoms in total. The first kappa shape index (κ1) is 21.8. The minimum Gasteiger partial charge on any atom is -0.481 e. The van der Waals surface area contributed by atoms with Gasteiger partial charge in [0.05, 0.1) is 24.8 Å². The Morgan fingerprint density at radius 2 is 1.90 bits per heavy atom. The standard InChI is InChI=1S/C24H29N3O3/c1-19(17-26-11-13-29-14-12-26)27(18-21-7-4-3-5-8-21)24(28)20(2)30-23-10-6-9-22(15-23)16-25/h3-10,15,19-20H,11-14,17-18H2,1-2H3. The van der Waals surface area contributed by atoms with Gasteiger partial charge < -0.3 is 14.4 Å². The van der Waals surface area contributed by atoms with Gasteiger partial charge in [-0.15, -0.1) is 0 Å². The number of amides is 1. The first-order valence-corrected chi connectivity index (χ1v) is 10.4. The van der Waals surface area contributed by atoms with Gasteiger partial charge in [-0.1, -0.05) is 36.4 Å². The fourth-order valence-corrected chi connectivity index (χ4v) is 3.61. The molecule has 2 unspecified atom stereocenters. The van der Waals surface area contributed by atoms with Crippen LogP contribution in [0.4, 0.5) is 0 Å². The fraction of sp³-hybridized carbons (Fsp3) is 0.417. The maximum absolute atomic E-state index is 13.4. The highest BCUT2D eigenvalue weighted by molar-refractivity contribution is 5.81. The Kier molecular flexibility index (Phi) is 7.83. The molecule has 3 rings (SSSR count). The summed E-state index contributed by atoms with van der Waals surface area (Å²) in [6.45, 7) is 8.38. The number of hydrogen-bond donors (Lipinski definition) is 0. The maximum Gasteiger partial charge on any atom is 0.263 e. The largest absolute Gasteiger partial charge is 0.481 e. The molecule has 1 aliphatic heterocycles. The van der Waals surface area contributed by atoms with Crippen molar-refractivity contribution < 1.29 is 14.3 Å². The Morgan fingerprint density at radius 1 is 1.17 bits per heavy atom. The summed E-state index contributed by atoms with van der Waals surface area (Å²) in [4.78, 5) is 17.6. The second kappa shape index (κ2) is 10.8. The van der Waals surface area contributed by atoms with Gasteiger partial charge >= 0.3 is 0 Å². The van der Waals surface area contributed by atoms with Crippen LogP contribution in [0.2, 0.25) is 0 Å². The summed E-state index contributed by atoms with van der Waals surface area (Å²) in [5.41, 5.74) is 1.59. The van der Waals surface area contributed by atoms with E-state index in [-0.39, 0.29) is 11.9 Å². The number of nitriles is 1. The molecule has 6 heteroatoms. The number of rotatable bonds is 8. The third-order valence-electron chi connectivity index (χ3n) is 5.26. The van der Waals surface area contributed by atoms with Crippen molar-refractivity contribution in [1.29, 1.82) is 5.26 Å². The van der Waals surface area contributed by atoms with Crippen molar-refractivity contribution in [2.45, 2.75) is 32.5 Å². The lowest BCUT2D eigenvalue weighted by Gasteiger charge is -2.36. The minimum atomic E-state index is -0.658. The van der Waals surface area contributed by atoms with Gasteiger partial charge in [0.2, 0.25) is 0 Å². The zero-order valence-electron chi connectivity index (χ0n) is 17.7. The molecular formula is C24H29N3O3. The van der Waals surface area contributed by atoms with Gasteiger partial charge in [0, 0.05) is 32.2 Å². The summed E-state index contributed by atoms with van der Waals surface area (Å²) in [6.07, 6.45) is -0.658. The number of carbonyl (C=O) groups excluding carboxylic acids is 1. The van der Waals surface area contributed by atoms with E-state index in [0.717, 1.165) is 38.4 Å². The molecule has 0 saturated carbocycles. The van der Waals surface area contributed by atoms with Crippen LogP contribution in [0, 0.1) is 11.3 Å². The van der Waals surface area contributed by atoms with Crippen LogP contribution in [0.5, 0.6) is 5.75 Å². The van der Waals surface area contributed by atoms with E-state index in [1.807, 2.05) is 35.2 Å². The van der Waals surface area contributed by atoms with Crippen molar-refractivity contribution in [3.05, 3.63) is 65.7 Å². The third kappa shape index (κ3) is 6.06. The Balaban J connectivity index is 1.73. The molecule has 1 amide bonds. The van der Waals surface area contributed by atoms with Crippen LogP contribution in [0.25, 0.3) is 0 Å². The number of benzene rings is 2. The number of hydrogen-bond acceptors (Lipinski definition) is 5. The number of nitrogens with zero attached hydrogens (tertiary/aromatic N) is 3. The summed E-state index contributed by atoms with van der Waals surface area (Å²) < 4.78 is 11.3. The molecule has 158 valence electrons. The average Bonchev–Trinajstić information content (AvgIpc) is 2.78. The van der Waals surface area contributed by atoms with E-state index in [1.165, 1.54) is 0 Å². The van der Waals surface area contributed by atoms with Crippen molar-refractivity contribution in [3.63, 3.8) is 0 Å². The van der Waals surface area contributed by atoms with Crippen LogP contribution in [0.1, 0.15) is 25.0 Å². The zero-order valence-corrected chi connectivity index (χ0v) is 17.7. The van der Waals surface area contributed by atoms with Crippen LogP contribution in [0.3, 0.4) is 0 Å². The van der Waals surface area contributed by atoms with Crippen molar-refractivity contribution in [2.24, 2.45) is 0 Å². The molecule has 1 heterocycles. The predicted molar refractivity (Wildman–Crippen MR) is 115 cm³/mol. The Morgan fingerprint density at radius 3 is 2.60 bits per heavy atom. The van der Waals surface area contributed by atoms with E-state index in [4.69, 9.17) is 14.7 Å². The molecule has 0 radical (unpaired) electrons. The van der Waals surface area contributed by atoms with Crippen molar-refractivity contribution >= 4 is 5.91 Å². The minimum absolute atomic E-state index is 0.0206. The highest BCUT2D eigenvalue weighted by Crippen LogP contribution is 2.18. The van der Waals surface area contributed by atoms with Gasteiger partial charge in [-0.3, -0.25) is 9.69 Å². The van der Waals surface area contributed by atoms with Crippen LogP contribution < -0.4 is 4.74 Å². The lowest BCUT2D eigenvalue weighted by molar-refractivity contribution is -0.141. The highest BCUT2D eigenvalue weighted by atomic mass is 16.5. The molecule has 1 saturated heterocycles. The van der Waals surface area contributed by atoms with Gasteiger partial charge in [-0.2, -0.15) is 5.26 Å². The van der Waals surface area contributed by atoms with E-state index >= 15 is 0 Å². The van der Waals surface area contributed by atoms with Crippen LogP contribution in [0.15, 0.2) is 54.6 Å². The number of ether oxygens (including phenoxy) is 2. The van der Waals surface area contributed by atoms with E-state index in [1.54, 1.807) is 31.2 Å². The molecule has 0 aromatic heterocycles. The highest BCUT2D eigenvalue weighted by Gasteiger charge is 2.28. The van der Waals surface area contributed by atoms with Gasteiger partial charge in [0.25, 0.3) is 5.91 Å². The Bertz CT molecular complexity index is 859. The van der Waals surface area contributed by atoms with Crippen molar-refractivity contribution in [1.82, 2.24) is 9.80 Å². The number of morpholine rings is 1. The van der Waals surface area contributed by atoms with E-state index in [2.05, 4.69) is 17.9 Å². The first-order chi connectivity index (χ1) is 14.6. The van der Waals surface area contributed by atoms with E-state index in [9.17, 15) is 4.79 Å². The SMILES string of the molecule is CC(Oc1cccc(C#N)c1)C(=O)N(Cc1ccccc1)C(C)CN1CCOCC1. The predicted octanol–water partition coefficient (Wildman–Crippen LogP) is 3.08. The molecule has 30 heavy (non-hydrogen) atoms. The molecule has 2 aromatic carbocycles. The molecular weight excluding hydrogens is 378 g/mol. The fourth-order valence-electron chi connectivity index (χ4n) is 3.61. The molecule has 2 atom stereocenters. The van der Waals surface area contributed by atoms with Gasteiger partial charge in [-0.05, 0) is 37.6 Å². The maximum atomic E-state index is 13.4. The topological polar surface area (TPSA) is 65.8 Å². The second-order valence-electron chi connectivity index (χ2n) is 7.61. The lowest BCUT2D eigenvalue weighted by atomic mass is 10.1. The smallest absolute Gasteiger partial charge is 0.263 e. The molecule has 1 fully saturated rings. The van der Waals surface area contributed by atoms with Crippen LogP contribution in [-0.4, -0.2) is 60.7 Å². The van der Waals surface area contributed by atoms with Gasteiger partial charge in [-0.25, -0.2) is 0 Å². The van der Waals surface area contributed by atoms with E-state index in [0.29, 0.717) is 17.9 Å². The first-order valence-electron chi connectivity index (χ1n) is 10.4. The monoisotopic (exact) mass is 407 g/mol. The molecule has 0 spiro atoms. The third-order valence-corrected chi connectivity index (χ3v) is 5.26. The van der Waals surface area contributed by atoms with Crippen molar-refractivity contribution in [2.75, 3.05) is 32.8 Å². The van der Waals surface area contributed by atoms with Gasteiger partial charge in [0.15, 0.2) is 6.10 Å².